The summed E-state index contributed by atoms with van der Waals surface area (Å²) in [5.41, 5.74) is 7.71. The van der Waals surface area contributed by atoms with Crippen molar-refractivity contribution in [1.29, 1.82) is 0 Å². The number of anilines is 1. The number of nitrogens with two attached hydrogens (primary N) is 1. The number of aliphatic hydroxyl groups excluding tert-OH is 1. The van der Waals surface area contributed by atoms with Crippen molar-refractivity contribution < 1.29 is 5.11 Å². The van der Waals surface area contributed by atoms with Crippen molar-refractivity contribution in [3.63, 3.8) is 0 Å². The van der Waals surface area contributed by atoms with E-state index >= 15 is 0 Å². The van der Waals surface area contributed by atoms with Crippen molar-refractivity contribution in [2.45, 2.75) is 18.9 Å². The summed E-state index contributed by atoms with van der Waals surface area (Å²) >= 11 is 0. The molecule has 0 saturated heterocycles. The van der Waals surface area contributed by atoms with Gasteiger partial charge in [0.25, 0.3) is 0 Å². The minimum Gasteiger partial charge on any atom is -0.391 e. The maximum Gasteiger partial charge on any atom is 0.0728 e. The molecule has 0 aliphatic carbocycles. The molecule has 84 valence electrons. The van der Waals surface area contributed by atoms with Gasteiger partial charge in [0.2, 0.25) is 0 Å². The largest absolute Gasteiger partial charge is 0.391 e. The van der Waals surface area contributed by atoms with E-state index in [9.17, 15) is 5.11 Å². The first-order chi connectivity index (χ1) is 7.06. The molecule has 0 fully saturated rings. The van der Waals surface area contributed by atoms with E-state index in [2.05, 4.69) is 12.1 Å². The Kier molecular flexibility index (Phi) is 4.12. The highest BCUT2D eigenvalue weighted by molar-refractivity contribution is 5.46. The van der Waals surface area contributed by atoms with Gasteiger partial charge >= 0.3 is 0 Å². The standard InChI is InChI=1S/C12H20N2O/c1-9(12(15)8-13)10-4-6-11(7-5-10)14(2)3/h4-7,9,12,15H,8,13H2,1-3H3. The number of hydrogen-bond acceptors (Lipinski definition) is 3. The number of hydrogen-bond donors (Lipinski definition) is 2. The van der Waals surface area contributed by atoms with Crippen LogP contribution in [0.1, 0.15) is 18.4 Å². The molecule has 0 bridgehead atoms. The lowest BCUT2D eigenvalue weighted by atomic mass is 9.95. The average molecular weight is 208 g/mol. The molecule has 1 aromatic rings. The van der Waals surface area contributed by atoms with Crippen LogP contribution in [-0.4, -0.2) is 31.9 Å². The van der Waals surface area contributed by atoms with Crippen molar-refractivity contribution in [3.8, 4) is 0 Å². The van der Waals surface area contributed by atoms with Crippen molar-refractivity contribution in [1.82, 2.24) is 0 Å². The van der Waals surface area contributed by atoms with Gasteiger partial charge in [-0.1, -0.05) is 19.1 Å². The second-order valence-electron chi connectivity index (χ2n) is 4.08. The number of rotatable bonds is 4. The molecular weight excluding hydrogens is 188 g/mol. The van der Waals surface area contributed by atoms with Gasteiger partial charge < -0.3 is 15.7 Å². The number of aliphatic hydroxyl groups is 1. The molecule has 1 aromatic carbocycles. The van der Waals surface area contributed by atoms with E-state index in [-0.39, 0.29) is 5.92 Å². The quantitative estimate of drug-likeness (QED) is 0.781. The molecule has 2 atom stereocenters. The molecule has 2 unspecified atom stereocenters. The van der Waals surface area contributed by atoms with E-state index < -0.39 is 6.10 Å². The molecule has 3 N–H and O–H groups in total. The van der Waals surface area contributed by atoms with Crippen LogP contribution < -0.4 is 10.6 Å². The second-order valence-corrected chi connectivity index (χ2v) is 4.08. The van der Waals surface area contributed by atoms with E-state index in [1.54, 1.807) is 0 Å². The van der Waals surface area contributed by atoms with Crippen LogP contribution in [0.25, 0.3) is 0 Å². The van der Waals surface area contributed by atoms with Crippen LogP contribution in [0.15, 0.2) is 24.3 Å². The fraction of sp³-hybridized carbons (Fsp3) is 0.500. The van der Waals surface area contributed by atoms with E-state index in [0.29, 0.717) is 6.54 Å². The minimum absolute atomic E-state index is 0.0891. The smallest absolute Gasteiger partial charge is 0.0728 e. The van der Waals surface area contributed by atoms with Gasteiger partial charge in [-0.15, -0.1) is 0 Å². The summed E-state index contributed by atoms with van der Waals surface area (Å²) < 4.78 is 0. The molecule has 0 aliphatic heterocycles. The highest BCUT2D eigenvalue weighted by atomic mass is 16.3. The Morgan fingerprint density at radius 1 is 1.27 bits per heavy atom. The molecule has 1 rings (SSSR count). The molecule has 0 amide bonds. The first-order valence-electron chi connectivity index (χ1n) is 5.21. The van der Waals surface area contributed by atoms with Crippen LogP contribution in [0.5, 0.6) is 0 Å². The maximum absolute atomic E-state index is 9.62. The highest BCUT2D eigenvalue weighted by Gasteiger charge is 2.14. The van der Waals surface area contributed by atoms with Crippen molar-refractivity contribution >= 4 is 5.69 Å². The molecular formula is C12H20N2O. The van der Waals surface area contributed by atoms with Gasteiger partial charge in [0.1, 0.15) is 0 Å². The van der Waals surface area contributed by atoms with Crippen LogP contribution in [0.3, 0.4) is 0 Å². The summed E-state index contributed by atoms with van der Waals surface area (Å²) in [6, 6.07) is 8.18. The molecule has 0 heterocycles. The Labute approximate surface area is 91.5 Å². The Balaban J connectivity index is 2.79. The summed E-state index contributed by atoms with van der Waals surface area (Å²) in [7, 11) is 4.01. The summed E-state index contributed by atoms with van der Waals surface area (Å²) in [5.74, 6) is 0.0891. The third-order valence-electron chi connectivity index (χ3n) is 2.75. The summed E-state index contributed by atoms with van der Waals surface area (Å²) in [5, 5.41) is 9.62. The van der Waals surface area contributed by atoms with Crippen LogP contribution in [-0.2, 0) is 0 Å². The summed E-state index contributed by atoms with van der Waals surface area (Å²) in [6.07, 6.45) is -0.463. The van der Waals surface area contributed by atoms with Gasteiger partial charge in [0.05, 0.1) is 6.10 Å². The van der Waals surface area contributed by atoms with Crippen molar-refractivity contribution in [2.75, 3.05) is 25.5 Å². The number of nitrogens with zero attached hydrogens (tertiary/aromatic N) is 1. The minimum atomic E-state index is -0.463. The van der Waals surface area contributed by atoms with E-state index in [1.807, 2.05) is 38.1 Å². The monoisotopic (exact) mass is 208 g/mol. The lowest BCUT2D eigenvalue weighted by Crippen LogP contribution is -2.25. The lowest BCUT2D eigenvalue weighted by Gasteiger charge is -2.19. The fourth-order valence-electron chi connectivity index (χ4n) is 1.50. The van der Waals surface area contributed by atoms with Gasteiger partial charge in [-0.25, -0.2) is 0 Å². The Bertz CT molecular complexity index is 295. The predicted molar refractivity (Wildman–Crippen MR) is 64.2 cm³/mol. The highest BCUT2D eigenvalue weighted by Crippen LogP contribution is 2.21. The maximum atomic E-state index is 9.62. The Morgan fingerprint density at radius 2 is 1.80 bits per heavy atom. The zero-order valence-electron chi connectivity index (χ0n) is 9.64. The summed E-state index contributed by atoms with van der Waals surface area (Å²) in [6.45, 7) is 2.29. The van der Waals surface area contributed by atoms with Gasteiger partial charge in [-0.3, -0.25) is 0 Å². The zero-order valence-corrected chi connectivity index (χ0v) is 9.64. The first-order valence-corrected chi connectivity index (χ1v) is 5.21. The van der Waals surface area contributed by atoms with Gasteiger partial charge in [0, 0.05) is 32.2 Å². The molecule has 0 spiro atoms. The first kappa shape index (κ1) is 12.0. The number of benzene rings is 1. The molecule has 0 aliphatic rings. The zero-order chi connectivity index (χ0) is 11.4. The van der Waals surface area contributed by atoms with E-state index in [1.165, 1.54) is 0 Å². The van der Waals surface area contributed by atoms with Crippen LogP contribution in [0.2, 0.25) is 0 Å². The van der Waals surface area contributed by atoms with Gasteiger partial charge in [-0.05, 0) is 17.7 Å². The summed E-state index contributed by atoms with van der Waals surface area (Å²) in [4.78, 5) is 2.05. The second kappa shape index (κ2) is 5.14. The van der Waals surface area contributed by atoms with Gasteiger partial charge in [-0.2, -0.15) is 0 Å². The molecule has 15 heavy (non-hydrogen) atoms. The van der Waals surface area contributed by atoms with Crippen molar-refractivity contribution in [2.24, 2.45) is 5.73 Å². The fourth-order valence-corrected chi connectivity index (χ4v) is 1.50. The third-order valence-corrected chi connectivity index (χ3v) is 2.75. The van der Waals surface area contributed by atoms with Crippen LogP contribution >= 0.6 is 0 Å². The van der Waals surface area contributed by atoms with Crippen molar-refractivity contribution in [3.05, 3.63) is 29.8 Å². The molecule has 3 heteroatoms. The normalized spacial score (nSPS) is 14.7. The van der Waals surface area contributed by atoms with E-state index in [4.69, 9.17) is 5.73 Å². The molecule has 3 nitrogen and oxygen atoms in total. The Hall–Kier alpha value is -1.06. The topological polar surface area (TPSA) is 49.5 Å². The molecule has 0 aromatic heterocycles. The van der Waals surface area contributed by atoms with Crippen LogP contribution in [0, 0.1) is 0 Å². The van der Waals surface area contributed by atoms with Crippen LogP contribution in [0.4, 0.5) is 5.69 Å². The van der Waals surface area contributed by atoms with E-state index in [0.717, 1.165) is 11.3 Å². The molecule has 0 saturated carbocycles. The average Bonchev–Trinajstić information content (AvgIpc) is 2.27. The molecule has 0 radical (unpaired) electrons. The van der Waals surface area contributed by atoms with Gasteiger partial charge in [0.15, 0.2) is 0 Å². The lowest BCUT2D eigenvalue weighted by molar-refractivity contribution is 0.157. The SMILES string of the molecule is CC(c1ccc(N(C)C)cc1)C(O)CN. The third kappa shape index (κ3) is 2.94. The predicted octanol–water partition coefficient (Wildman–Crippen LogP) is 1.18. The Morgan fingerprint density at radius 3 is 2.20 bits per heavy atom.